The highest BCUT2D eigenvalue weighted by Crippen LogP contribution is 2.24. The number of carbonyl (C=O) groups excluding carboxylic acids is 1. The van der Waals surface area contributed by atoms with Crippen molar-refractivity contribution < 1.29 is 14.3 Å². The summed E-state index contributed by atoms with van der Waals surface area (Å²) in [6, 6.07) is 5.44. The van der Waals surface area contributed by atoms with E-state index in [2.05, 4.69) is 17.1 Å². The van der Waals surface area contributed by atoms with Crippen LogP contribution in [0.5, 0.6) is 5.75 Å². The van der Waals surface area contributed by atoms with Crippen LogP contribution in [0.15, 0.2) is 18.2 Å². The zero-order valence-electron chi connectivity index (χ0n) is 12.8. The maximum atomic E-state index is 12.2. The number of ether oxygens (including phenoxy) is 2. The van der Waals surface area contributed by atoms with Crippen molar-refractivity contribution in [2.24, 2.45) is 0 Å². The van der Waals surface area contributed by atoms with Crippen LogP contribution in [-0.2, 0) is 9.53 Å². The molecule has 6 nitrogen and oxygen atoms in total. The van der Waals surface area contributed by atoms with Gasteiger partial charge in [-0.25, -0.2) is 0 Å². The Morgan fingerprint density at radius 3 is 2.95 bits per heavy atom. The van der Waals surface area contributed by atoms with Crippen LogP contribution >= 0.6 is 0 Å². The second-order valence-electron chi connectivity index (χ2n) is 5.42. The highest BCUT2D eigenvalue weighted by Gasteiger charge is 2.25. The smallest absolute Gasteiger partial charge is 0.238 e. The van der Waals surface area contributed by atoms with E-state index in [1.807, 2.05) is 6.92 Å². The number of hydrogen-bond donors (Lipinski definition) is 2. The Hall–Kier alpha value is -1.79. The van der Waals surface area contributed by atoms with Crippen molar-refractivity contribution in [2.45, 2.75) is 26.0 Å². The second kappa shape index (κ2) is 6.78. The summed E-state index contributed by atoms with van der Waals surface area (Å²) in [4.78, 5) is 14.3. The Balaban J connectivity index is 1.95. The number of carbonyl (C=O) groups is 1. The second-order valence-corrected chi connectivity index (χ2v) is 5.42. The summed E-state index contributed by atoms with van der Waals surface area (Å²) in [6.45, 7) is 5.81. The molecule has 6 heteroatoms. The molecule has 1 heterocycles. The molecule has 1 aromatic rings. The Morgan fingerprint density at radius 1 is 1.52 bits per heavy atom. The molecule has 1 saturated heterocycles. The number of benzene rings is 1. The summed E-state index contributed by atoms with van der Waals surface area (Å²) >= 11 is 0. The third-order valence-corrected chi connectivity index (χ3v) is 3.62. The zero-order chi connectivity index (χ0) is 15.4. The van der Waals surface area contributed by atoms with Gasteiger partial charge >= 0.3 is 0 Å². The van der Waals surface area contributed by atoms with Gasteiger partial charge in [0.2, 0.25) is 5.91 Å². The minimum atomic E-state index is -0.0761. The van der Waals surface area contributed by atoms with E-state index in [0.29, 0.717) is 30.3 Å². The molecule has 116 valence electrons. The molecule has 1 aliphatic heterocycles. The van der Waals surface area contributed by atoms with Crippen molar-refractivity contribution in [1.82, 2.24) is 4.90 Å². The van der Waals surface area contributed by atoms with Crippen LogP contribution in [0.25, 0.3) is 0 Å². The van der Waals surface area contributed by atoms with Gasteiger partial charge in [-0.15, -0.1) is 0 Å². The fraction of sp³-hybridized carbons (Fsp3) is 0.533. The summed E-state index contributed by atoms with van der Waals surface area (Å²) in [7, 11) is 1.58. The number of methoxy groups -OCH3 is 1. The van der Waals surface area contributed by atoms with Crippen LogP contribution in [-0.4, -0.2) is 49.8 Å². The van der Waals surface area contributed by atoms with Crippen molar-refractivity contribution in [1.29, 1.82) is 0 Å². The molecule has 1 aliphatic rings. The first-order valence-corrected chi connectivity index (χ1v) is 7.08. The average Bonchev–Trinajstić information content (AvgIpc) is 2.45. The van der Waals surface area contributed by atoms with Gasteiger partial charge in [-0.05, 0) is 26.0 Å². The van der Waals surface area contributed by atoms with E-state index in [4.69, 9.17) is 15.2 Å². The minimum Gasteiger partial charge on any atom is -0.497 e. The van der Waals surface area contributed by atoms with E-state index in [1.165, 1.54) is 0 Å². The van der Waals surface area contributed by atoms with Crippen LogP contribution < -0.4 is 15.8 Å². The number of rotatable bonds is 4. The molecule has 3 N–H and O–H groups in total. The van der Waals surface area contributed by atoms with Crippen molar-refractivity contribution in [2.75, 3.05) is 37.9 Å². The summed E-state index contributed by atoms with van der Waals surface area (Å²) < 4.78 is 10.6. The number of nitrogens with one attached hydrogen (secondary N) is 1. The zero-order valence-corrected chi connectivity index (χ0v) is 12.8. The van der Waals surface area contributed by atoms with Gasteiger partial charge in [0, 0.05) is 18.7 Å². The predicted octanol–water partition coefficient (Wildman–Crippen LogP) is 1.33. The number of amides is 1. The van der Waals surface area contributed by atoms with Crippen molar-refractivity contribution in [3.05, 3.63) is 18.2 Å². The van der Waals surface area contributed by atoms with E-state index >= 15 is 0 Å². The molecule has 2 rings (SSSR count). The van der Waals surface area contributed by atoms with Gasteiger partial charge in [0.15, 0.2) is 0 Å². The maximum absolute atomic E-state index is 12.2. The topological polar surface area (TPSA) is 76.8 Å². The Kier molecular flexibility index (Phi) is 5.03. The first kappa shape index (κ1) is 15.6. The van der Waals surface area contributed by atoms with Gasteiger partial charge in [0.05, 0.1) is 37.7 Å². The average molecular weight is 293 g/mol. The molecule has 0 radical (unpaired) electrons. The molecule has 0 aromatic heterocycles. The van der Waals surface area contributed by atoms with Gasteiger partial charge in [-0.1, -0.05) is 0 Å². The van der Waals surface area contributed by atoms with Crippen LogP contribution in [0.4, 0.5) is 11.4 Å². The molecule has 0 saturated carbocycles. The van der Waals surface area contributed by atoms with E-state index in [9.17, 15) is 4.79 Å². The fourth-order valence-electron chi connectivity index (χ4n) is 2.35. The lowest BCUT2D eigenvalue weighted by Crippen LogP contribution is -2.50. The molecule has 0 aliphatic carbocycles. The van der Waals surface area contributed by atoms with Gasteiger partial charge in [-0.2, -0.15) is 0 Å². The lowest BCUT2D eigenvalue weighted by molar-refractivity contribution is -0.121. The standard InChI is InChI=1S/C15H23N3O3/c1-10-9-21-11(2)7-18(10)8-15(19)17-14-5-4-12(20-3)6-13(14)16/h4-6,10-11H,7-9,16H2,1-3H3,(H,17,19). The molecule has 2 unspecified atom stereocenters. The van der Waals surface area contributed by atoms with Gasteiger partial charge in [-0.3, -0.25) is 9.69 Å². The number of nitrogens with two attached hydrogens (primary N) is 1. The normalized spacial score (nSPS) is 22.8. The third-order valence-electron chi connectivity index (χ3n) is 3.62. The molecule has 1 amide bonds. The van der Waals surface area contributed by atoms with E-state index in [-0.39, 0.29) is 18.1 Å². The SMILES string of the molecule is COc1ccc(NC(=O)CN2CC(C)OCC2C)c(N)c1. The maximum Gasteiger partial charge on any atom is 0.238 e. The van der Waals surface area contributed by atoms with Crippen molar-refractivity contribution in [3.8, 4) is 5.75 Å². The third kappa shape index (κ3) is 4.09. The predicted molar refractivity (Wildman–Crippen MR) is 82.5 cm³/mol. The van der Waals surface area contributed by atoms with Crippen LogP contribution in [0, 0.1) is 0 Å². The summed E-state index contributed by atoms with van der Waals surface area (Å²) in [5, 5.41) is 2.84. The summed E-state index contributed by atoms with van der Waals surface area (Å²) in [5.41, 5.74) is 7.00. The number of hydrogen-bond acceptors (Lipinski definition) is 5. The fourth-order valence-corrected chi connectivity index (χ4v) is 2.35. The molecule has 0 spiro atoms. The van der Waals surface area contributed by atoms with Gasteiger partial charge in [0.25, 0.3) is 0 Å². The number of morpholine rings is 1. The lowest BCUT2D eigenvalue weighted by atomic mass is 10.2. The number of nitrogen functional groups attached to an aromatic ring is 1. The van der Waals surface area contributed by atoms with Crippen LogP contribution in [0.2, 0.25) is 0 Å². The highest BCUT2D eigenvalue weighted by atomic mass is 16.5. The quantitative estimate of drug-likeness (QED) is 0.819. The Labute approximate surface area is 125 Å². The van der Waals surface area contributed by atoms with Gasteiger partial charge in [0.1, 0.15) is 5.75 Å². The molecule has 21 heavy (non-hydrogen) atoms. The van der Waals surface area contributed by atoms with Gasteiger partial charge < -0.3 is 20.5 Å². The monoisotopic (exact) mass is 293 g/mol. The largest absolute Gasteiger partial charge is 0.497 e. The lowest BCUT2D eigenvalue weighted by Gasteiger charge is -2.36. The first-order chi connectivity index (χ1) is 9.99. The molecular weight excluding hydrogens is 270 g/mol. The first-order valence-electron chi connectivity index (χ1n) is 7.08. The summed E-state index contributed by atoms with van der Waals surface area (Å²) in [5.74, 6) is 0.592. The molecule has 1 fully saturated rings. The molecule has 1 aromatic carbocycles. The van der Waals surface area contributed by atoms with E-state index in [1.54, 1.807) is 25.3 Å². The molecular formula is C15H23N3O3. The Morgan fingerprint density at radius 2 is 2.29 bits per heavy atom. The van der Waals surface area contributed by atoms with E-state index < -0.39 is 0 Å². The van der Waals surface area contributed by atoms with Crippen molar-refractivity contribution in [3.63, 3.8) is 0 Å². The molecule has 2 atom stereocenters. The number of nitrogens with zero attached hydrogens (tertiary/aromatic N) is 1. The summed E-state index contributed by atoms with van der Waals surface area (Å²) in [6.07, 6.45) is 0.153. The number of anilines is 2. The highest BCUT2D eigenvalue weighted by molar-refractivity contribution is 5.95. The van der Waals surface area contributed by atoms with E-state index in [0.717, 1.165) is 6.54 Å². The van der Waals surface area contributed by atoms with Crippen LogP contribution in [0.1, 0.15) is 13.8 Å². The molecule has 0 bridgehead atoms. The van der Waals surface area contributed by atoms with Crippen molar-refractivity contribution >= 4 is 17.3 Å². The van der Waals surface area contributed by atoms with Crippen LogP contribution in [0.3, 0.4) is 0 Å². The minimum absolute atomic E-state index is 0.0761. The Bertz CT molecular complexity index is 507.